The van der Waals surface area contributed by atoms with Gasteiger partial charge in [0.2, 0.25) is 0 Å². The molecule has 0 aliphatic heterocycles. The van der Waals surface area contributed by atoms with Gasteiger partial charge in [-0.15, -0.1) is 0 Å². The van der Waals surface area contributed by atoms with Crippen molar-refractivity contribution in [3.05, 3.63) is 58.6 Å². The van der Waals surface area contributed by atoms with E-state index in [0.717, 1.165) is 0 Å². The molecule has 0 saturated carbocycles. The molecule has 1 N–H and O–H groups in total. The van der Waals surface area contributed by atoms with Crippen LogP contribution in [0.2, 0.25) is 0 Å². The number of rotatable bonds is 5. The van der Waals surface area contributed by atoms with Crippen LogP contribution >= 0.6 is 15.9 Å². The molecule has 0 spiro atoms. The van der Waals surface area contributed by atoms with Crippen molar-refractivity contribution in [2.75, 3.05) is 11.3 Å². The van der Waals surface area contributed by atoms with Gasteiger partial charge in [-0.2, -0.15) is 0 Å². The smallest absolute Gasteiger partial charge is 0.338 e. The van der Waals surface area contributed by atoms with Gasteiger partial charge in [0.1, 0.15) is 0 Å². The Balaban J connectivity index is 2.27. The van der Waals surface area contributed by atoms with Crippen molar-refractivity contribution in [3.8, 4) is 0 Å². The summed E-state index contributed by atoms with van der Waals surface area (Å²) in [5.41, 5.74) is 0.585. The summed E-state index contributed by atoms with van der Waals surface area (Å²) in [4.78, 5) is 11.8. The van der Waals surface area contributed by atoms with Crippen LogP contribution in [0.1, 0.15) is 17.3 Å². The first-order valence-electron chi connectivity index (χ1n) is 6.48. The Bertz CT molecular complexity index is 790. The Hall–Kier alpha value is -1.86. The normalized spacial score (nSPS) is 11.0. The van der Waals surface area contributed by atoms with Gasteiger partial charge in [0.25, 0.3) is 10.0 Å². The lowest BCUT2D eigenvalue weighted by atomic mass is 10.2. The first-order valence-corrected chi connectivity index (χ1v) is 8.75. The van der Waals surface area contributed by atoms with E-state index in [2.05, 4.69) is 20.7 Å². The molecule has 5 nitrogen and oxygen atoms in total. The summed E-state index contributed by atoms with van der Waals surface area (Å²) in [6.45, 7) is 1.96. The molecule has 116 valence electrons. The molecule has 0 fully saturated rings. The van der Waals surface area contributed by atoms with Crippen LogP contribution in [0.3, 0.4) is 0 Å². The van der Waals surface area contributed by atoms with Crippen molar-refractivity contribution in [2.24, 2.45) is 0 Å². The summed E-state index contributed by atoms with van der Waals surface area (Å²) in [5.74, 6) is -0.494. The molecule has 22 heavy (non-hydrogen) atoms. The van der Waals surface area contributed by atoms with Crippen molar-refractivity contribution >= 4 is 37.6 Å². The van der Waals surface area contributed by atoms with Crippen LogP contribution in [0.25, 0.3) is 0 Å². The van der Waals surface area contributed by atoms with E-state index < -0.39 is 16.0 Å². The summed E-state index contributed by atoms with van der Waals surface area (Å²) >= 11 is 3.23. The van der Waals surface area contributed by atoms with E-state index in [9.17, 15) is 13.2 Å². The van der Waals surface area contributed by atoms with Gasteiger partial charge in [0.15, 0.2) is 0 Å². The molecule has 0 atom stereocenters. The highest BCUT2D eigenvalue weighted by Gasteiger charge is 2.15. The third-order valence-electron chi connectivity index (χ3n) is 2.73. The van der Waals surface area contributed by atoms with E-state index in [0.29, 0.717) is 10.2 Å². The zero-order valence-corrected chi connectivity index (χ0v) is 14.1. The average molecular weight is 384 g/mol. The number of ether oxygens (including phenoxy) is 1. The molecule has 2 rings (SSSR count). The molecule has 0 radical (unpaired) electrons. The van der Waals surface area contributed by atoms with Crippen LogP contribution in [0.4, 0.5) is 5.69 Å². The van der Waals surface area contributed by atoms with Crippen LogP contribution < -0.4 is 4.72 Å². The number of carbonyl (C=O) groups is 1. The van der Waals surface area contributed by atoms with E-state index in [1.165, 1.54) is 18.2 Å². The summed E-state index contributed by atoms with van der Waals surface area (Å²) in [7, 11) is -3.72. The monoisotopic (exact) mass is 383 g/mol. The highest BCUT2D eigenvalue weighted by molar-refractivity contribution is 9.10. The highest BCUT2D eigenvalue weighted by atomic mass is 79.9. The molecule has 0 saturated heterocycles. The number of sulfonamides is 1. The van der Waals surface area contributed by atoms with Gasteiger partial charge in [-0.25, -0.2) is 13.2 Å². The summed E-state index contributed by atoms with van der Waals surface area (Å²) in [5, 5.41) is 0. The lowest BCUT2D eigenvalue weighted by Crippen LogP contribution is -2.13. The van der Waals surface area contributed by atoms with E-state index in [1.54, 1.807) is 37.3 Å². The second kappa shape index (κ2) is 6.93. The Labute approximate surface area is 137 Å². The fraction of sp³-hybridized carbons (Fsp3) is 0.133. The molecule has 0 amide bonds. The minimum atomic E-state index is -3.72. The molecule has 2 aromatic rings. The maximum absolute atomic E-state index is 12.3. The van der Waals surface area contributed by atoms with Gasteiger partial charge >= 0.3 is 5.97 Å². The standard InChI is InChI=1S/C15H14BrNO4S/c1-2-21-15(18)11-5-3-7-13(9-11)17-22(19,20)14-8-4-6-12(16)10-14/h3-10,17H,2H2,1H3. The number of benzene rings is 2. The van der Waals surface area contributed by atoms with E-state index >= 15 is 0 Å². The topological polar surface area (TPSA) is 72.5 Å². The number of anilines is 1. The van der Waals surface area contributed by atoms with Crippen molar-refractivity contribution in [2.45, 2.75) is 11.8 Å². The number of esters is 1. The Morgan fingerprint density at radius 2 is 1.91 bits per heavy atom. The fourth-order valence-corrected chi connectivity index (χ4v) is 3.42. The number of hydrogen-bond acceptors (Lipinski definition) is 4. The maximum Gasteiger partial charge on any atom is 0.338 e. The largest absolute Gasteiger partial charge is 0.462 e. The van der Waals surface area contributed by atoms with E-state index in [4.69, 9.17) is 4.74 Å². The fourth-order valence-electron chi connectivity index (χ4n) is 1.77. The molecule has 2 aromatic carbocycles. The Kier molecular flexibility index (Phi) is 5.20. The van der Waals surface area contributed by atoms with Crippen LogP contribution in [0, 0.1) is 0 Å². The van der Waals surface area contributed by atoms with Crippen LogP contribution in [0.5, 0.6) is 0 Å². The lowest BCUT2D eigenvalue weighted by molar-refractivity contribution is 0.0526. The minimum Gasteiger partial charge on any atom is -0.462 e. The quantitative estimate of drug-likeness (QED) is 0.802. The molecule has 0 aromatic heterocycles. The zero-order chi connectivity index (χ0) is 16.2. The van der Waals surface area contributed by atoms with Gasteiger partial charge in [0.05, 0.1) is 17.1 Å². The number of halogens is 1. The zero-order valence-electron chi connectivity index (χ0n) is 11.7. The summed E-state index contributed by atoms with van der Waals surface area (Å²) in [6, 6.07) is 12.5. The molecule has 0 aliphatic rings. The minimum absolute atomic E-state index is 0.128. The number of nitrogens with one attached hydrogen (secondary N) is 1. The van der Waals surface area contributed by atoms with Crippen LogP contribution in [-0.4, -0.2) is 21.0 Å². The molecule has 7 heteroatoms. The van der Waals surface area contributed by atoms with Gasteiger partial charge in [-0.3, -0.25) is 4.72 Å². The molecule has 0 heterocycles. The molecule has 0 aliphatic carbocycles. The second-order valence-electron chi connectivity index (χ2n) is 4.36. The molecule has 0 bridgehead atoms. The van der Waals surface area contributed by atoms with Crippen LogP contribution in [-0.2, 0) is 14.8 Å². The van der Waals surface area contributed by atoms with Crippen molar-refractivity contribution < 1.29 is 17.9 Å². The van der Waals surface area contributed by atoms with Gasteiger partial charge < -0.3 is 4.74 Å². The first-order chi connectivity index (χ1) is 10.4. The summed E-state index contributed by atoms with van der Waals surface area (Å²) in [6.07, 6.45) is 0. The Morgan fingerprint density at radius 1 is 1.18 bits per heavy atom. The van der Waals surface area contributed by atoms with Crippen LogP contribution in [0.15, 0.2) is 57.9 Å². The lowest BCUT2D eigenvalue weighted by Gasteiger charge is -2.09. The predicted octanol–water partition coefficient (Wildman–Crippen LogP) is 3.43. The third kappa shape index (κ3) is 4.08. The van der Waals surface area contributed by atoms with Gasteiger partial charge in [0, 0.05) is 10.2 Å². The maximum atomic E-state index is 12.3. The van der Waals surface area contributed by atoms with Crippen molar-refractivity contribution in [3.63, 3.8) is 0 Å². The van der Waals surface area contributed by atoms with Crippen molar-refractivity contribution in [1.82, 2.24) is 0 Å². The van der Waals surface area contributed by atoms with Crippen molar-refractivity contribution in [1.29, 1.82) is 0 Å². The summed E-state index contributed by atoms with van der Waals surface area (Å²) < 4.78 is 32.6. The number of carbonyl (C=O) groups excluding carboxylic acids is 1. The Morgan fingerprint density at radius 3 is 2.59 bits per heavy atom. The third-order valence-corrected chi connectivity index (χ3v) is 4.60. The SMILES string of the molecule is CCOC(=O)c1cccc(NS(=O)(=O)c2cccc(Br)c2)c1. The first kappa shape index (κ1) is 16.5. The molecular weight excluding hydrogens is 370 g/mol. The van der Waals surface area contributed by atoms with E-state index in [-0.39, 0.29) is 17.1 Å². The molecule has 0 unspecified atom stereocenters. The average Bonchev–Trinajstić information content (AvgIpc) is 2.47. The van der Waals surface area contributed by atoms with Gasteiger partial charge in [-0.1, -0.05) is 28.1 Å². The number of hydrogen-bond donors (Lipinski definition) is 1. The molecular formula is C15H14BrNO4S. The van der Waals surface area contributed by atoms with Gasteiger partial charge in [-0.05, 0) is 43.3 Å². The highest BCUT2D eigenvalue weighted by Crippen LogP contribution is 2.20. The predicted molar refractivity (Wildman–Crippen MR) is 87.3 cm³/mol. The van der Waals surface area contributed by atoms with E-state index in [1.807, 2.05) is 0 Å². The second-order valence-corrected chi connectivity index (χ2v) is 6.96.